The molecule has 7 nitrogen and oxygen atoms in total. The molecule has 8 heteroatoms. The van der Waals surface area contributed by atoms with Gasteiger partial charge in [-0.2, -0.15) is 0 Å². The monoisotopic (exact) mass is 440 g/mol. The Balaban J connectivity index is 1.28. The fourth-order valence-electron chi connectivity index (χ4n) is 4.85. The van der Waals surface area contributed by atoms with Gasteiger partial charge < -0.3 is 4.90 Å². The number of hydrogen-bond donors (Lipinski definition) is 0. The predicted octanol–water partition coefficient (Wildman–Crippen LogP) is 2.39. The van der Waals surface area contributed by atoms with Gasteiger partial charge in [-0.3, -0.25) is 19.3 Å². The van der Waals surface area contributed by atoms with Crippen LogP contribution < -0.4 is 0 Å². The van der Waals surface area contributed by atoms with Crippen LogP contribution >= 0.6 is 0 Å². The number of sulfone groups is 1. The lowest BCUT2D eigenvalue weighted by atomic mass is 9.94. The lowest BCUT2D eigenvalue weighted by Gasteiger charge is -2.30. The quantitative estimate of drug-likeness (QED) is 0.643. The van der Waals surface area contributed by atoms with Gasteiger partial charge in [0.25, 0.3) is 11.8 Å². The molecule has 2 aliphatic heterocycles. The van der Waals surface area contributed by atoms with Gasteiger partial charge in [0.2, 0.25) is 5.91 Å². The number of hydrogen-bond acceptors (Lipinski definition) is 5. The van der Waals surface area contributed by atoms with Crippen LogP contribution in [0.3, 0.4) is 0 Å². The maximum absolute atomic E-state index is 13.0. The van der Waals surface area contributed by atoms with Crippen LogP contribution in [0.2, 0.25) is 0 Å². The van der Waals surface area contributed by atoms with E-state index in [1.54, 1.807) is 29.2 Å². The summed E-state index contributed by atoms with van der Waals surface area (Å²) in [5, 5.41) is 1.55. The van der Waals surface area contributed by atoms with E-state index in [1.165, 1.54) is 4.90 Å². The van der Waals surface area contributed by atoms with Crippen molar-refractivity contribution in [2.24, 2.45) is 0 Å². The Bertz CT molecular complexity index is 1150. The van der Waals surface area contributed by atoms with Crippen molar-refractivity contribution in [3.63, 3.8) is 0 Å². The van der Waals surface area contributed by atoms with Gasteiger partial charge in [-0.1, -0.05) is 24.3 Å². The molecular weight excluding hydrogens is 416 g/mol. The van der Waals surface area contributed by atoms with Crippen LogP contribution in [0, 0.1) is 0 Å². The third kappa shape index (κ3) is 3.63. The first kappa shape index (κ1) is 20.2. The SMILES string of the molecule is O=C1c2cccc3cccc(c23)C(=O)N1CCCC(=O)N(C1CC1)C1CCS(=O)(=O)C1. The van der Waals surface area contributed by atoms with E-state index in [0.717, 1.165) is 18.2 Å². The van der Waals surface area contributed by atoms with Crippen molar-refractivity contribution in [3.8, 4) is 0 Å². The molecule has 0 aromatic heterocycles. The second-order valence-corrected chi connectivity index (χ2v) is 10.9. The molecule has 2 heterocycles. The van der Waals surface area contributed by atoms with E-state index in [9.17, 15) is 22.8 Å². The number of amides is 3. The molecule has 3 aliphatic rings. The van der Waals surface area contributed by atoms with Crippen LogP contribution in [0.15, 0.2) is 36.4 Å². The summed E-state index contributed by atoms with van der Waals surface area (Å²) in [4.78, 5) is 41.8. The fraction of sp³-hybridized carbons (Fsp3) is 0.435. The number of imide groups is 1. The third-order valence-electron chi connectivity index (χ3n) is 6.46. The number of carbonyl (C=O) groups excluding carboxylic acids is 3. The molecule has 0 N–H and O–H groups in total. The van der Waals surface area contributed by atoms with Crippen molar-refractivity contribution in [1.29, 1.82) is 0 Å². The third-order valence-corrected chi connectivity index (χ3v) is 8.21. The van der Waals surface area contributed by atoms with Crippen molar-refractivity contribution >= 4 is 38.3 Å². The van der Waals surface area contributed by atoms with Crippen LogP contribution in [0.1, 0.15) is 52.8 Å². The highest BCUT2D eigenvalue weighted by atomic mass is 32.2. The summed E-state index contributed by atoms with van der Waals surface area (Å²) in [6, 6.07) is 10.7. The fourth-order valence-corrected chi connectivity index (χ4v) is 6.57. The normalized spacial score (nSPS) is 22.2. The van der Waals surface area contributed by atoms with E-state index in [-0.39, 0.29) is 54.3 Å². The smallest absolute Gasteiger partial charge is 0.261 e. The maximum Gasteiger partial charge on any atom is 0.261 e. The van der Waals surface area contributed by atoms with Crippen molar-refractivity contribution in [3.05, 3.63) is 47.5 Å². The minimum atomic E-state index is -3.07. The zero-order valence-electron chi connectivity index (χ0n) is 17.1. The first-order chi connectivity index (χ1) is 14.9. The molecule has 2 aromatic rings. The Kier molecular flexibility index (Phi) is 4.84. The zero-order valence-corrected chi connectivity index (χ0v) is 17.9. The van der Waals surface area contributed by atoms with E-state index >= 15 is 0 Å². The summed E-state index contributed by atoms with van der Waals surface area (Å²) >= 11 is 0. The Labute approximate surface area is 180 Å². The average Bonchev–Trinajstić information content (AvgIpc) is 3.51. The van der Waals surface area contributed by atoms with Gasteiger partial charge in [0.15, 0.2) is 9.84 Å². The molecule has 1 saturated carbocycles. The molecule has 3 amide bonds. The highest BCUT2D eigenvalue weighted by Crippen LogP contribution is 2.33. The molecular formula is C23H24N2O5S. The molecule has 31 heavy (non-hydrogen) atoms. The molecule has 2 aromatic carbocycles. The van der Waals surface area contributed by atoms with Gasteiger partial charge in [0.1, 0.15) is 0 Å². The van der Waals surface area contributed by atoms with Gasteiger partial charge in [0.05, 0.1) is 11.5 Å². The molecule has 1 saturated heterocycles. The highest BCUT2D eigenvalue weighted by Gasteiger charge is 2.42. The van der Waals surface area contributed by atoms with Crippen LogP contribution in [-0.4, -0.2) is 66.1 Å². The van der Waals surface area contributed by atoms with E-state index in [2.05, 4.69) is 0 Å². The molecule has 0 bridgehead atoms. The Morgan fingerprint density at radius 2 is 1.61 bits per heavy atom. The van der Waals surface area contributed by atoms with Crippen LogP contribution in [0.25, 0.3) is 10.8 Å². The van der Waals surface area contributed by atoms with Crippen molar-refractivity contribution in [2.45, 2.75) is 44.2 Å². The van der Waals surface area contributed by atoms with E-state index < -0.39 is 9.84 Å². The molecule has 1 atom stereocenters. The highest BCUT2D eigenvalue weighted by molar-refractivity contribution is 7.91. The van der Waals surface area contributed by atoms with Crippen molar-refractivity contribution < 1.29 is 22.8 Å². The molecule has 0 radical (unpaired) electrons. The summed E-state index contributed by atoms with van der Waals surface area (Å²) in [5.41, 5.74) is 1.02. The van der Waals surface area contributed by atoms with Gasteiger partial charge in [-0.25, -0.2) is 8.42 Å². The lowest BCUT2D eigenvalue weighted by Crippen LogP contribution is -2.44. The Hall–Kier alpha value is -2.74. The number of nitrogens with zero attached hydrogens (tertiary/aromatic N) is 2. The average molecular weight is 441 g/mol. The Morgan fingerprint density at radius 1 is 0.968 bits per heavy atom. The molecule has 162 valence electrons. The minimum Gasteiger partial charge on any atom is -0.336 e. The number of rotatable bonds is 6. The van der Waals surface area contributed by atoms with Crippen LogP contribution in [0.5, 0.6) is 0 Å². The summed E-state index contributed by atoms with van der Waals surface area (Å²) in [5.74, 6) is -0.566. The van der Waals surface area contributed by atoms with E-state index in [0.29, 0.717) is 29.4 Å². The van der Waals surface area contributed by atoms with Gasteiger partial charge in [-0.15, -0.1) is 0 Å². The first-order valence-electron chi connectivity index (χ1n) is 10.8. The molecule has 1 unspecified atom stereocenters. The zero-order chi connectivity index (χ0) is 21.8. The van der Waals surface area contributed by atoms with Crippen molar-refractivity contribution in [2.75, 3.05) is 18.1 Å². The topological polar surface area (TPSA) is 91.8 Å². The summed E-state index contributed by atoms with van der Waals surface area (Å²) < 4.78 is 23.7. The standard InChI is InChI=1S/C23H24N2O5S/c26-20(25(16-9-10-16)17-11-13-31(29,30)14-17)8-3-12-24-22(27)18-6-1-4-15-5-2-7-19(21(15)18)23(24)28/h1-2,4-7,16-17H,3,8-14H2. The lowest BCUT2D eigenvalue weighted by molar-refractivity contribution is -0.133. The molecule has 2 fully saturated rings. The van der Waals surface area contributed by atoms with Crippen LogP contribution in [-0.2, 0) is 14.6 Å². The second kappa shape index (κ2) is 7.44. The first-order valence-corrected chi connectivity index (χ1v) is 12.6. The summed E-state index contributed by atoms with van der Waals surface area (Å²) in [7, 11) is -3.07. The number of carbonyl (C=O) groups is 3. The second-order valence-electron chi connectivity index (χ2n) is 8.66. The predicted molar refractivity (Wildman–Crippen MR) is 115 cm³/mol. The number of benzene rings is 2. The van der Waals surface area contributed by atoms with E-state index in [1.807, 2.05) is 12.1 Å². The summed E-state index contributed by atoms with van der Waals surface area (Å²) in [6.07, 6.45) is 2.86. The minimum absolute atomic E-state index is 0.0408. The van der Waals surface area contributed by atoms with Crippen molar-refractivity contribution in [1.82, 2.24) is 9.80 Å². The van der Waals surface area contributed by atoms with Crippen LogP contribution in [0.4, 0.5) is 0 Å². The molecule has 5 rings (SSSR count). The van der Waals surface area contributed by atoms with Gasteiger partial charge in [0, 0.05) is 41.6 Å². The molecule has 0 spiro atoms. The van der Waals surface area contributed by atoms with Gasteiger partial charge >= 0.3 is 0 Å². The van der Waals surface area contributed by atoms with Gasteiger partial charge in [-0.05, 0) is 43.2 Å². The maximum atomic E-state index is 13.0. The molecule has 1 aliphatic carbocycles. The Morgan fingerprint density at radius 3 is 2.16 bits per heavy atom. The van der Waals surface area contributed by atoms with E-state index in [4.69, 9.17) is 0 Å². The largest absolute Gasteiger partial charge is 0.336 e. The summed E-state index contributed by atoms with van der Waals surface area (Å²) in [6.45, 7) is 0.162.